The highest BCUT2D eigenvalue weighted by atomic mass is 16.4. The van der Waals surface area contributed by atoms with Gasteiger partial charge in [-0.1, -0.05) is 50.2 Å². The minimum atomic E-state index is -1.30. The van der Waals surface area contributed by atoms with Gasteiger partial charge in [-0.25, -0.2) is 19.2 Å². The highest BCUT2D eigenvalue weighted by Crippen LogP contribution is 2.44. The molecule has 0 fully saturated rings. The van der Waals surface area contributed by atoms with E-state index in [1.54, 1.807) is 12.1 Å². The molecule has 0 aliphatic rings. The Morgan fingerprint density at radius 3 is 1.02 bits per heavy atom. The van der Waals surface area contributed by atoms with Gasteiger partial charge in [-0.3, -0.25) is 0 Å². The Bertz CT molecular complexity index is 1700. The molecule has 0 radical (unpaired) electrons. The predicted octanol–water partition coefficient (Wildman–Crippen LogP) is 8.15. The molecule has 0 spiro atoms. The van der Waals surface area contributed by atoms with Crippen LogP contribution in [0.4, 0.5) is 0 Å². The lowest BCUT2D eigenvalue weighted by molar-refractivity contribution is 0.0651. The number of carboxylic acids is 4. The van der Waals surface area contributed by atoms with E-state index in [0.717, 1.165) is 57.3 Å². The molecule has 8 nitrogen and oxygen atoms in total. The molecule has 4 rings (SSSR count). The van der Waals surface area contributed by atoms with Crippen molar-refractivity contribution in [3.8, 4) is 22.3 Å². The molecule has 0 saturated heterocycles. The summed E-state index contributed by atoms with van der Waals surface area (Å²) in [6.45, 7) is 12.1. The minimum absolute atomic E-state index is 0.264. The van der Waals surface area contributed by atoms with E-state index in [-0.39, 0.29) is 27.7 Å². The second kappa shape index (κ2) is 12.4. The van der Waals surface area contributed by atoms with Crippen LogP contribution in [0.3, 0.4) is 0 Å². The molecule has 0 aromatic heterocycles. The summed E-state index contributed by atoms with van der Waals surface area (Å²) in [6, 6.07) is 17.2. The van der Waals surface area contributed by atoms with Gasteiger partial charge in [-0.05, 0) is 120 Å². The second-order valence-corrected chi connectivity index (χ2v) is 11.5. The number of carbonyl (C=O) groups is 4. The summed E-state index contributed by atoms with van der Waals surface area (Å²) in [5, 5.41) is 38.2. The molecule has 4 aromatic rings. The average Bonchev–Trinajstić information content (AvgIpc) is 2.97. The summed E-state index contributed by atoms with van der Waals surface area (Å²) in [5.41, 5.74) is 7.43. The number of rotatable bonds is 10. The van der Waals surface area contributed by atoms with Gasteiger partial charge in [0.25, 0.3) is 0 Å². The van der Waals surface area contributed by atoms with Crippen molar-refractivity contribution in [2.75, 3.05) is 0 Å². The summed E-state index contributed by atoms with van der Waals surface area (Å²) in [5.74, 6) is -5.20. The van der Waals surface area contributed by atoms with Crippen LogP contribution in [-0.2, 0) is 5.41 Å². The zero-order valence-corrected chi connectivity index (χ0v) is 26.1. The number of hydrogen-bond donors (Lipinski definition) is 4. The van der Waals surface area contributed by atoms with E-state index >= 15 is 0 Å². The molecule has 0 amide bonds. The second-order valence-electron chi connectivity index (χ2n) is 11.5. The molecule has 0 aliphatic carbocycles. The lowest BCUT2D eigenvalue weighted by Gasteiger charge is -2.35. The Morgan fingerprint density at radius 1 is 0.489 bits per heavy atom. The summed E-state index contributed by atoms with van der Waals surface area (Å²) >= 11 is 0. The monoisotopic (exact) mass is 608 g/mol. The largest absolute Gasteiger partial charge is 0.478 e. The lowest BCUT2D eigenvalue weighted by Crippen LogP contribution is -2.27. The molecule has 0 bridgehead atoms. The van der Waals surface area contributed by atoms with Crippen LogP contribution in [-0.4, -0.2) is 44.3 Å². The predicted molar refractivity (Wildman–Crippen MR) is 172 cm³/mol. The Kier molecular flexibility index (Phi) is 9.00. The molecule has 0 saturated carbocycles. The van der Waals surface area contributed by atoms with E-state index in [1.165, 1.54) is 24.3 Å². The average molecular weight is 609 g/mol. The smallest absolute Gasteiger partial charge is 0.336 e. The normalized spacial score (nSPS) is 11.3. The molecule has 8 heteroatoms. The number of carboxylic acid groups (broad SMARTS) is 4. The van der Waals surface area contributed by atoms with Gasteiger partial charge >= 0.3 is 23.9 Å². The summed E-state index contributed by atoms with van der Waals surface area (Å²) in [4.78, 5) is 46.9. The van der Waals surface area contributed by atoms with Crippen LogP contribution < -0.4 is 0 Å². The van der Waals surface area contributed by atoms with Crippen LogP contribution in [0.5, 0.6) is 0 Å². The van der Waals surface area contributed by atoms with Crippen molar-refractivity contribution in [3.63, 3.8) is 0 Å². The van der Waals surface area contributed by atoms with E-state index in [1.807, 2.05) is 27.7 Å². The van der Waals surface area contributed by atoms with Crippen molar-refractivity contribution in [1.82, 2.24) is 0 Å². The van der Waals surface area contributed by atoms with Gasteiger partial charge in [0.1, 0.15) is 0 Å². The Labute approximate surface area is 261 Å². The van der Waals surface area contributed by atoms with E-state index in [2.05, 4.69) is 38.1 Å². The van der Waals surface area contributed by atoms with Crippen molar-refractivity contribution in [2.45, 2.75) is 59.8 Å². The quantitative estimate of drug-likeness (QED) is 0.141. The van der Waals surface area contributed by atoms with E-state index in [9.17, 15) is 39.6 Å². The number of benzene rings is 4. The van der Waals surface area contributed by atoms with E-state index < -0.39 is 23.9 Å². The first-order valence-electron chi connectivity index (χ1n) is 14.6. The van der Waals surface area contributed by atoms with Gasteiger partial charge in [0, 0.05) is 5.41 Å². The number of aromatic carboxylic acids is 4. The third-order valence-electron chi connectivity index (χ3n) is 8.92. The summed E-state index contributed by atoms with van der Waals surface area (Å²) < 4.78 is 0. The third-order valence-corrected chi connectivity index (χ3v) is 8.92. The van der Waals surface area contributed by atoms with Gasteiger partial charge in [-0.2, -0.15) is 0 Å². The lowest BCUT2D eigenvalue weighted by atomic mass is 9.68. The molecule has 4 aromatic carbocycles. The van der Waals surface area contributed by atoms with Crippen LogP contribution in [0.15, 0.2) is 60.7 Å². The van der Waals surface area contributed by atoms with Gasteiger partial charge in [0.15, 0.2) is 0 Å². The molecule has 0 atom stereocenters. The van der Waals surface area contributed by atoms with E-state index in [0.29, 0.717) is 11.1 Å². The van der Waals surface area contributed by atoms with Crippen molar-refractivity contribution in [1.29, 1.82) is 0 Å². The molecule has 0 heterocycles. The fourth-order valence-corrected chi connectivity index (χ4v) is 6.75. The van der Waals surface area contributed by atoms with Crippen molar-refractivity contribution in [3.05, 3.63) is 116 Å². The van der Waals surface area contributed by atoms with Crippen LogP contribution in [0.1, 0.15) is 102 Å². The summed E-state index contributed by atoms with van der Waals surface area (Å²) in [7, 11) is 0. The van der Waals surface area contributed by atoms with E-state index in [4.69, 9.17) is 0 Å². The van der Waals surface area contributed by atoms with Crippen LogP contribution >= 0.6 is 0 Å². The Hall–Kier alpha value is -5.24. The highest BCUT2D eigenvalue weighted by molar-refractivity contribution is 6.03. The topological polar surface area (TPSA) is 149 Å². The standard InChI is InChI=1S/C37H36O8/c1-7-37(8-2,25-13-19(3)31(20(4)14-25)23-9-11-27(33(38)39)29(17-23)35(42)43)26-15-21(5)32(22(6)16-26)24-10-12-28(34(40)41)30(18-24)36(44)45/h9-18H,7-8H2,1-6H3,(H,38,39)(H,40,41)(H,42,43)(H,44,45). The molecular weight excluding hydrogens is 572 g/mol. The van der Waals surface area contributed by atoms with Gasteiger partial charge in [0.2, 0.25) is 0 Å². The molecule has 45 heavy (non-hydrogen) atoms. The Balaban J connectivity index is 1.86. The van der Waals surface area contributed by atoms with Gasteiger partial charge in [-0.15, -0.1) is 0 Å². The molecule has 4 N–H and O–H groups in total. The molecule has 0 unspecified atom stereocenters. The zero-order valence-electron chi connectivity index (χ0n) is 26.1. The molecule has 232 valence electrons. The number of aryl methyl sites for hydroxylation is 4. The van der Waals surface area contributed by atoms with Crippen LogP contribution in [0.25, 0.3) is 22.3 Å². The zero-order chi connectivity index (χ0) is 33.4. The molecular formula is C37H36O8. The first kappa shape index (κ1) is 32.7. The molecule has 0 aliphatic heterocycles. The Morgan fingerprint density at radius 2 is 0.778 bits per heavy atom. The fourth-order valence-electron chi connectivity index (χ4n) is 6.75. The van der Waals surface area contributed by atoms with Crippen molar-refractivity contribution in [2.24, 2.45) is 0 Å². The highest BCUT2D eigenvalue weighted by Gasteiger charge is 2.33. The van der Waals surface area contributed by atoms with Gasteiger partial charge < -0.3 is 20.4 Å². The first-order chi connectivity index (χ1) is 21.2. The fraction of sp³-hybridized carbons (Fsp3) is 0.243. The van der Waals surface area contributed by atoms with Crippen molar-refractivity contribution < 1.29 is 39.6 Å². The SMILES string of the molecule is CCC(CC)(c1cc(C)c(-c2ccc(C(=O)O)c(C(=O)O)c2)c(C)c1)c1cc(C)c(-c2ccc(C(=O)O)c(C(=O)O)c2)c(C)c1. The third kappa shape index (κ3) is 5.83. The minimum Gasteiger partial charge on any atom is -0.478 e. The van der Waals surface area contributed by atoms with Crippen molar-refractivity contribution >= 4 is 23.9 Å². The number of hydrogen-bond acceptors (Lipinski definition) is 4. The maximum Gasteiger partial charge on any atom is 0.336 e. The summed E-state index contributed by atoms with van der Waals surface area (Å²) in [6.07, 6.45) is 1.57. The first-order valence-corrected chi connectivity index (χ1v) is 14.6. The van der Waals surface area contributed by atoms with Gasteiger partial charge in [0.05, 0.1) is 22.3 Å². The van der Waals surface area contributed by atoms with Crippen LogP contribution in [0.2, 0.25) is 0 Å². The van der Waals surface area contributed by atoms with Crippen LogP contribution in [0, 0.1) is 27.7 Å². The maximum atomic E-state index is 11.8. The maximum absolute atomic E-state index is 11.8.